The first-order chi connectivity index (χ1) is 7.76. The number of carbonyl (C=O) groups is 2. The maximum Gasteiger partial charge on any atom is 0.266 e. The van der Waals surface area contributed by atoms with E-state index in [1.165, 1.54) is 31.3 Å². The molecule has 0 aliphatic carbocycles. The van der Waals surface area contributed by atoms with Crippen LogP contribution >= 0.6 is 0 Å². The van der Waals surface area contributed by atoms with Crippen LogP contribution in [0.3, 0.4) is 0 Å². The molecule has 0 aliphatic heterocycles. The molecule has 1 aromatic rings. The smallest absolute Gasteiger partial charge is 0.266 e. The van der Waals surface area contributed by atoms with Crippen LogP contribution in [0.4, 0.5) is 0 Å². The fourth-order valence-corrected chi connectivity index (χ4v) is 2.25. The molecule has 92 valence electrons. The molecule has 1 aromatic carbocycles. The molecular weight excluding hydrogens is 244 g/mol. The zero-order valence-corrected chi connectivity index (χ0v) is 10.2. The molecule has 0 aliphatic rings. The van der Waals surface area contributed by atoms with Crippen molar-refractivity contribution < 1.29 is 18.0 Å². The number of rotatable bonds is 3. The van der Waals surface area contributed by atoms with Crippen LogP contribution in [0.1, 0.15) is 17.3 Å². The number of primary amides is 1. The van der Waals surface area contributed by atoms with E-state index in [-0.39, 0.29) is 10.5 Å². The van der Waals surface area contributed by atoms with Crippen LogP contribution < -0.4 is 5.73 Å². The number of carbonyl (C=O) groups excluding carboxylic acids is 2. The Morgan fingerprint density at radius 1 is 1.18 bits per heavy atom. The van der Waals surface area contributed by atoms with Crippen LogP contribution in [-0.4, -0.2) is 31.6 Å². The quantitative estimate of drug-likeness (QED) is 0.820. The van der Waals surface area contributed by atoms with Gasteiger partial charge in [-0.1, -0.05) is 0 Å². The first-order valence-electron chi connectivity index (χ1n) is 4.66. The van der Waals surface area contributed by atoms with Crippen LogP contribution in [0, 0.1) is 0 Å². The first-order valence-corrected chi connectivity index (χ1v) is 6.10. The normalized spacial score (nSPS) is 10.9. The summed E-state index contributed by atoms with van der Waals surface area (Å²) in [5.74, 6) is -1.24. The topological polar surface area (TPSA) is 97.5 Å². The summed E-state index contributed by atoms with van der Waals surface area (Å²) in [7, 11) is -2.68. The number of hydrogen-bond donors (Lipinski definition) is 1. The molecule has 0 saturated carbocycles. The molecule has 17 heavy (non-hydrogen) atoms. The molecule has 0 spiro atoms. The van der Waals surface area contributed by atoms with Crippen LogP contribution in [0.5, 0.6) is 0 Å². The van der Waals surface area contributed by atoms with Crippen molar-refractivity contribution in [3.63, 3.8) is 0 Å². The predicted molar refractivity (Wildman–Crippen MR) is 60.6 cm³/mol. The summed E-state index contributed by atoms with van der Waals surface area (Å²) in [5, 5.41) is 0. The third kappa shape index (κ3) is 2.62. The van der Waals surface area contributed by atoms with Crippen molar-refractivity contribution >= 4 is 21.8 Å². The minimum Gasteiger partial charge on any atom is -0.366 e. The van der Waals surface area contributed by atoms with Crippen molar-refractivity contribution in [3.8, 4) is 0 Å². The maximum atomic E-state index is 11.8. The van der Waals surface area contributed by atoms with E-state index in [1.54, 1.807) is 0 Å². The number of hydrogen-bond acceptors (Lipinski definition) is 4. The summed E-state index contributed by atoms with van der Waals surface area (Å²) in [5.41, 5.74) is 5.23. The van der Waals surface area contributed by atoms with Gasteiger partial charge in [-0.25, -0.2) is 12.7 Å². The number of sulfonamides is 1. The molecule has 2 amide bonds. The van der Waals surface area contributed by atoms with Gasteiger partial charge >= 0.3 is 0 Å². The first kappa shape index (κ1) is 13.2. The van der Waals surface area contributed by atoms with Gasteiger partial charge < -0.3 is 5.73 Å². The Morgan fingerprint density at radius 3 is 2.00 bits per heavy atom. The van der Waals surface area contributed by atoms with Gasteiger partial charge in [0.05, 0.1) is 4.90 Å². The molecule has 2 N–H and O–H groups in total. The minimum atomic E-state index is -3.85. The van der Waals surface area contributed by atoms with E-state index >= 15 is 0 Å². The fourth-order valence-electron chi connectivity index (χ4n) is 1.12. The molecule has 1 rings (SSSR count). The lowest BCUT2D eigenvalue weighted by molar-refractivity contribution is -0.123. The van der Waals surface area contributed by atoms with Gasteiger partial charge in [0.1, 0.15) is 0 Å². The van der Waals surface area contributed by atoms with Crippen molar-refractivity contribution in [2.75, 3.05) is 7.05 Å². The van der Waals surface area contributed by atoms with Crippen molar-refractivity contribution in [1.29, 1.82) is 0 Å². The third-order valence-electron chi connectivity index (χ3n) is 2.24. The Balaban J connectivity index is 3.17. The van der Waals surface area contributed by atoms with Gasteiger partial charge in [0, 0.05) is 19.5 Å². The molecule has 0 atom stereocenters. The highest BCUT2D eigenvalue weighted by Gasteiger charge is 2.22. The van der Waals surface area contributed by atoms with Crippen LogP contribution in [-0.2, 0) is 14.8 Å². The average Bonchev–Trinajstić information content (AvgIpc) is 2.27. The SMILES string of the molecule is CC(=O)N(C)S(=O)(=O)c1ccc(C(N)=O)cc1. The van der Waals surface area contributed by atoms with Crippen molar-refractivity contribution in [2.45, 2.75) is 11.8 Å². The minimum absolute atomic E-state index is 0.0693. The van der Waals surface area contributed by atoms with Gasteiger partial charge in [0.25, 0.3) is 10.0 Å². The second kappa shape index (κ2) is 4.54. The maximum absolute atomic E-state index is 11.8. The van der Waals surface area contributed by atoms with Crippen LogP contribution in [0.15, 0.2) is 29.2 Å². The summed E-state index contributed by atoms with van der Waals surface area (Å²) >= 11 is 0. The van der Waals surface area contributed by atoms with Crippen LogP contribution in [0.2, 0.25) is 0 Å². The lowest BCUT2D eigenvalue weighted by Gasteiger charge is -2.15. The third-order valence-corrected chi connectivity index (χ3v) is 4.09. The zero-order valence-electron chi connectivity index (χ0n) is 9.38. The summed E-state index contributed by atoms with van der Waals surface area (Å²) in [4.78, 5) is 21.8. The zero-order chi connectivity index (χ0) is 13.2. The number of nitrogens with zero attached hydrogens (tertiary/aromatic N) is 1. The summed E-state index contributed by atoms with van der Waals surface area (Å²) in [6.07, 6.45) is 0. The second-order valence-corrected chi connectivity index (χ2v) is 5.35. The molecular formula is C10H12N2O4S. The highest BCUT2D eigenvalue weighted by atomic mass is 32.2. The highest BCUT2D eigenvalue weighted by Crippen LogP contribution is 2.15. The molecule has 0 fully saturated rings. The predicted octanol–water partition coefficient (Wildman–Crippen LogP) is -0.0475. The molecule has 0 aromatic heterocycles. The van der Waals surface area contributed by atoms with Crippen LogP contribution in [0.25, 0.3) is 0 Å². The molecule has 0 bridgehead atoms. The van der Waals surface area contributed by atoms with E-state index in [2.05, 4.69) is 0 Å². The number of amides is 2. The number of nitrogens with two attached hydrogens (primary N) is 1. The fraction of sp³-hybridized carbons (Fsp3) is 0.200. The standard InChI is InChI=1S/C10H12N2O4S/c1-7(13)12(2)17(15,16)9-5-3-8(4-6-9)10(11)14/h3-6H,1-2H3,(H2,11,14). The Hall–Kier alpha value is -1.89. The number of benzene rings is 1. The van der Waals surface area contributed by atoms with Gasteiger partial charge in [0.15, 0.2) is 0 Å². The molecule has 0 unspecified atom stereocenters. The second-order valence-electron chi connectivity index (χ2n) is 3.38. The van der Waals surface area contributed by atoms with E-state index in [0.29, 0.717) is 4.31 Å². The molecule has 7 heteroatoms. The summed E-state index contributed by atoms with van der Waals surface area (Å²) in [6, 6.07) is 5.05. The summed E-state index contributed by atoms with van der Waals surface area (Å²) < 4.78 is 24.3. The van der Waals surface area contributed by atoms with E-state index in [9.17, 15) is 18.0 Å². The Kier molecular flexibility index (Phi) is 3.52. The van der Waals surface area contributed by atoms with E-state index in [0.717, 1.165) is 6.92 Å². The lowest BCUT2D eigenvalue weighted by atomic mass is 10.2. The van der Waals surface area contributed by atoms with Crippen molar-refractivity contribution in [2.24, 2.45) is 5.73 Å². The van der Waals surface area contributed by atoms with Gasteiger partial charge in [-0.2, -0.15) is 0 Å². The largest absolute Gasteiger partial charge is 0.366 e. The Labute approximate surface area is 99.1 Å². The average molecular weight is 256 g/mol. The van der Waals surface area contributed by atoms with E-state index < -0.39 is 21.8 Å². The van der Waals surface area contributed by atoms with Gasteiger partial charge in [-0.15, -0.1) is 0 Å². The molecule has 0 radical (unpaired) electrons. The van der Waals surface area contributed by atoms with Gasteiger partial charge in [0.2, 0.25) is 11.8 Å². The van der Waals surface area contributed by atoms with E-state index in [4.69, 9.17) is 5.73 Å². The van der Waals surface area contributed by atoms with Gasteiger partial charge in [-0.05, 0) is 24.3 Å². The van der Waals surface area contributed by atoms with E-state index in [1.807, 2.05) is 0 Å². The summed E-state index contributed by atoms with van der Waals surface area (Å²) in [6.45, 7) is 1.15. The van der Waals surface area contributed by atoms with Crippen molar-refractivity contribution in [1.82, 2.24) is 4.31 Å². The van der Waals surface area contributed by atoms with Gasteiger partial charge in [-0.3, -0.25) is 9.59 Å². The monoisotopic (exact) mass is 256 g/mol. The molecule has 6 nitrogen and oxygen atoms in total. The lowest BCUT2D eigenvalue weighted by Crippen LogP contribution is -2.31. The Morgan fingerprint density at radius 2 is 1.65 bits per heavy atom. The Bertz CT molecular complexity index is 548. The van der Waals surface area contributed by atoms with Crippen molar-refractivity contribution in [3.05, 3.63) is 29.8 Å². The molecule has 0 heterocycles. The molecule has 0 saturated heterocycles. The highest BCUT2D eigenvalue weighted by molar-refractivity contribution is 7.89.